The van der Waals surface area contributed by atoms with Crippen LogP contribution in [-0.4, -0.2) is 54.1 Å². The van der Waals surface area contributed by atoms with Gasteiger partial charge in [0, 0.05) is 30.1 Å². The van der Waals surface area contributed by atoms with Gasteiger partial charge in [-0.2, -0.15) is 8.42 Å². The minimum absolute atomic E-state index is 0.0790. The molecule has 3 heterocycles. The molecular formula is C23H27FN4O5S2. The van der Waals surface area contributed by atoms with Crippen molar-refractivity contribution in [2.24, 2.45) is 0 Å². The summed E-state index contributed by atoms with van der Waals surface area (Å²) < 4.78 is 48.2. The molecule has 0 saturated carbocycles. The maximum Gasteiger partial charge on any atom is 0.290 e. The number of benzene rings is 1. The van der Waals surface area contributed by atoms with E-state index in [2.05, 4.69) is 38.6 Å². The molecule has 1 aromatic carbocycles. The van der Waals surface area contributed by atoms with Crippen LogP contribution < -0.4 is 9.46 Å². The first kappa shape index (κ1) is 26.5. The fourth-order valence-corrected chi connectivity index (χ4v) is 5.42. The third-order valence-corrected chi connectivity index (χ3v) is 7.57. The van der Waals surface area contributed by atoms with E-state index in [1.807, 2.05) is 18.2 Å². The maximum absolute atomic E-state index is 14.9. The average Bonchev–Trinajstić information content (AvgIpc) is 3.35. The van der Waals surface area contributed by atoms with E-state index in [1.165, 1.54) is 40.9 Å². The highest BCUT2D eigenvalue weighted by molar-refractivity contribution is 7.92. The highest BCUT2D eigenvalue weighted by Crippen LogP contribution is 2.29. The molecule has 1 unspecified atom stereocenters. The summed E-state index contributed by atoms with van der Waals surface area (Å²) in [5.41, 5.74) is 2.88. The monoisotopic (exact) mass is 522 g/mol. The molecule has 2 aromatic heterocycles. The summed E-state index contributed by atoms with van der Waals surface area (Å²) in [6.07, 6.45) is 2.80. The number of likely N-dealkylation sites (tertiary alicyclic amines) is 1. The Morgan fingerprint density at radius 1 is 1.26 bits per heavy atom. The zero-order valence-electron chi connectivity index (χ0n) is 19.3. The van der Waals surface area contributed by atoms with Crippen LogP contribution in [0.1, 0.15) is 36.9 Å². The second-order valence-electron chi connectivity index (χ2n) is 7.89. The topological polar surface area (TPSA) is 122 Å². The summed E-state index contributed by atoms with van der Waals surface area (Å²) in [7, 11) is -4.18. The molecule has 12 heteroatoms. The predicted octanol–water partition coefficient (Wildman–Crippen LogP) is 4.09. The van der Waals surface area contributed by atoms with Gasteiger partial charge in [0.15, 0.2) is 11.6 Å². The molecule has 0 spiro atoms. The first-order chi connectivity index (χ1) is 16.8. The Hall–Kier alpha value is -3.09. The molecule has 188 valence electrons. The second-order valence-corrected chi connectivity index (χ2v) is 10.2. The van der Waals surface area contributed by atoms with E-state index in [-0.39, 0.29) is 29.7 Å². The number of hydrogen-bond donors (Lipinski definition) is 2. The van der Waals surface area contributed by atoms with E-state index in [4.69, 9.17) is 14.6 Å². The lowest BCUT2D eigenvalue weighted by atomic mass is 10.0. The van der Waals surface area contributed by atoms with Gasteiger partial charge in [0.2, 0.25) is 5.03 Å². The summed E-state index contributed by atoms with van der Waals surface area (Å²) in [5.74, 6) is -0.518. The van der Waals surface area contributed by atoms with Crippen LogP contribution in [0.25, 0.3) is 0 Å². The van der Waals surface area contributed by atoms with Crippen molar-refractivity contribution in [1.29, 1.82) is 0 Å². The lowest BCUT2D eigenvalue weighted by molar-refractivity contribution is -0.122. The lowest BCUT2D eigenvalue weighted by Gasteiger charge is -2.36. The number of aromatic nitrogens is 2. The van der Waals surface area contributed by atoms with E-state index in [0.29, 0.717) is 6.04 Å². The number of carboxylic acid groups (broad SMARTS) is 1. The maximum atomic E-state index is 14.9. The summed E-state index contributed by atoms with van der Waals surface area (Å²) in [5, 5.41) is 7.74. The number of piperidine rings is 1. The van der Waals surface area contributed by atoms with Crippen LogP contribution >= 0.6 is 11.3 Å². The molecule has 0 amide bonds. The Balaban J connectivity index is 0.00000108. The van der Waals surface area contributed by atoms with E-state index in [0.717, 1.165) is 25.9 Å². The van der Waals surface area contributed by atoms with E-state index in [9.17, 15) is 12.8 Å². The third kappa shape index (κ3) is 6.74. The van der Waals surface area contributed by atoms with Crippen molar-refractivity contribution >= 4 is 33.7 Å². The molecule has 4 rings (SSSR count). The third-order valence-electron chi connectivity index (χ3n) is 5.71. The number of anilines is 1. The minimum Gasteiger partial charge on any atom is -0.488 e. The number of nitrogens with zero attached hydrogens (tertiary/aromatic N) is 3. The number of carbonyl (C=O) groups is 1. The van der Waals surface area contributed by atoms with Gasteiger partial charge in [-0.25, -0.2) is 14.4 Å². The van der Waals surface area contributed by atoms with Crippen LogP contribution in [0.15, 0.2) is 52.4 Å². The van der Waals surface area contributed by atoms with Crippen molar-refractivity contribution in [2.45, 2.75) is 43.9 Å². The number of ether oxygens (including phenoxy) is 1. The Bertz CT molecular complexity index is 1200. The van der Waals surface area contributed by atoms with Gasteiger partial charge in [-0.1, -0.05) is 30.3 Å². The molecule has 3 aromatic rings. The molecule has 0 aliphatic carbocycles. The van der Waals surface area contributed by atoms with Crippen molar-refractivity contribution in [3.05, 3.63) is 64.4 Å². The number of rotatable bonds is 7. The number of nitrogens with one attached hydrogen (secondary N) is 1. The Morgan fingerprint density at radius 3 is 2.51 bits per heavy atom. The molecule has 9 nitrogen and oxygen atoms in total. The van der Waals surface area contributed by atoms with Crippen LogP contribution in [0, 0.1) is 12.7 Å². The smallest absolute Gasteiger partial charge is 0.290 e. The lowest BCUT2D eigenvalue weighted by Crippen LogP contribution is -2.39. The molecule has 1 fully saturated rings. The molecule has 0 bridgehead atoms. The van der Waals surface area contributed by atoms with E-state index < -0.39 is 20.9 Å². The van der Waals surface area contributed by atoms with Gasteiger partial charge in [-0.3, -0.25) is 14.4 Å². The summed E-state index contributed by atoms with van der Waals surface area (Å²) in [6.45, 7) is 5.17. The number of halogens is 1. The van der Waals surface area contributed by atoms with Crippen molar-refractivity contribution in [3.8, 4) is 5.75 Å². The number of thiazole rings is 1. The number of hydrogen-bond acceptors (Lipinski definition) is 8. The predicted molar refractivity (Wildman–Crippen MR) is 131 cm³/mol. The summed E-state index contributed by atoms with van der Waals surface area (Å²) in [6, 6.07) is 10.7. The fourth-order valence-electron chi connectivity index (χ4n) is 3.80. The van der Waals surface area contributed by atoms with Gasteiger partial charge in [0.05, 0.1) is 11.7 Å². The SMILES string of the molecule is Cc1c(OC2CCN(C(C)c3ccccc3)CC2)cnc(S(=O)(=O)Nc2cscn2)c1F.O=CO. The van der Waals surface area contributed by atoms with Crippen molar-refractivity contribution in [2.75, 3.05) is 17.8 Å². The molecule has 1 aliphatic heterocycles. The first-order valence-corrected chi connectivity index (χ1v) is 13.3. The quantitative estimate of drug-likeness (QED) is 0.445. The van der Waals surface area contributed by atoms with Crippen LogP contribution in [0.4, 0.5) is 10.2 Å². The van der Waals surface area contributed by atoms with Crippen LogP contribution in [0.2, 0.25) is 0 Å². The molecule has 1 aliphatic rings. The molecule has 35 heavy (non-hydrogen) atoms. The molecular weight excluding hydrogens is 495 g/mol. The van der Waals surface area contributed by atoms with Gasteiger partial charge in [-0.05, 0) is 32.3 Å². The normalized spacial score (nSPS) is 15.5. The van der Waals surface area contributed by atoms with Crippen LogP contribution in [0.3, 0.4) is 0 Å². The van der Waals surface area contributed by atoms with Crippen molar-refractivity contribution in [1.82, 2.24) is 14.9 Å². The number of sulfonamides is 1. The fraction of sp³-hybridized carbons (Fsp3) is 0.348. The second kappa shape index (κ2) is 12.0. The van der Waals surface area contributed by atoms with E-state index >= 15 is 0 Å². The van der Waals surface area contributed by atoms with Gasteiger partial charge >= 0.3 is 0 Å². The zero-order valence-corrected chi connectivity index (χ0v) is 20.9. The first-order valence-electron chi connectivity index (χ1n) is 10.9. The largest absolute Gasteiger partial charge is 0.488 e. The summed E-state index contributed by atoms with van der Waals surface area (Å²) >= 11 is 1.23. The van der Waals surface area contributed by atoms with Crippen LogP contribution in [-0.2, 0) is 14.8 Å². The average molecular weight is 523 g/mol. The van der Waals surface area contributed by atoms with Gasteiger partial charge in [-0.15, -0.1) is 11.3 Å². The van der Waals surface area contributed by atoms with Crippen molar-refractivity contribution in [3.63, 3.8) is 0 Å². The molecule has 1 atom stereocenters. The van der Waals surface area contributed by atoms with Crippen molar-refractivity contribution < 1.29 is 27.4 Å². The van der Waals surface area contributed by atoms with E-state index in [1.54, 1.807) is 0 Å². The molecule has 1 saturated heterocycles. The highest BCUT2D eigenvalue weighted by atomic mass is 32.2. The standard InChI is InChI=1S/C22H25FN4O3S2.CH2O2/c1-15-19(12-24-22(21(15)23)32(28,29)26-20-13-31-14-25-20)30-18-8-10-27(11-9-18)16(2)17-6-4-3-5-7-17;2-1-3/h3-7,12-14,16,18,26H,8-11H2,1-2H3;1H,(H,2,3). The Morgan fingerprint density at radius 2 is 1.91 bits per heavy atom. The highest BCUT2D eigenvalue weighted by Gasteiger charge is 2.28. The van der Waals surface area contributed by atoms with Gasteiger partial charge in [0.1, 0.15) is 11.9 Å². The van der Waals surface area contributed by atoms with Gasteiger partial charge < -0.3 is 9.84 Å². The molecule has 2 N–H and O–H groups in total. The number of pyridine rings is 1. The van der Waals surface area contributed by atoms with Crippen LogP contribution in [0.5, 0.6) is 5.75 Å². The van der Waals surface area contributed by atoms with Gasteiger partial charge in [0.25, 0.3) is 16.5 Å². The summed E-state index contributed by atoms with van der Waals surface area (Å²) in [4.78, 5) is 18.5. The zero-order chi connectivity index (χ0) is 25.4. The minimum atomic E-state index is -4.18. The Labute approximate surface area is 207 Å². The molecule has 0 radical (unpaired) electrons. The Kier molecular flexibility index (Phi) is 9.13.